The first-order valence-electron chi connectivity index (χ1n) is 6.63. The molecule has 6 nitrogen and oxygen atoms in total. The highest BCUT2D eigenvalue weighted by atomic mass is 79.9. The fourth-order valence-corrected chi connectivity index (χ4v) is 2.36. The number of nitrogens with one attached hydrogen (secondary N) is 2. The fourth-order valence-electron chi connectivity index (χ4n) is 1.89. The average Bonchev–Trinajstić information content (AvgIpc) is 3.23. The zero-order valence-electron chi connectivity index (χ0n) is 11.7. The molecular weight excluding hydrogens is 364 g/mol. The Morgan fingerprint density at radius 1 is 0.870 bits per heavy atom. The second-order valence-electron chi connectivity index (χ2n) is 4.56. The summed E-state index contributed by atoms with van der Waals surface area (Å²) < 4.78 is 10.7. The third-order valence-electron chi connectivity index (χ3n) is 2.97. The molecule has 2 aromatic heterocycles. The SMILES string of the molecule is O=C(Nc1ccc(NC(=O)c2ccco2)c(Br)c1)c1ccco1. The van der Waals surface area contributed by atoms with Gasteiger partial charge in [0.15, 0.2) is 11.5 Å². The Morgan fingerprint density at radius 3 is 2.00 bits per heavy atom. The number of carbonyl (C=O) groups excluding carboxylic acids is 2. The van der Waals surface area contributed by atoms with Gasteiger partial charge < -0.3 is 19.5 Å². The molecule has 3 aromatic rings. The number of halogens is 1. The summed E-state index contributed by atoms with van der Waals surface area (Å²) in [5, 5.41) is 5.41. The van der Waals surface area contributed by atoms with Gasteiger partial charge in [0.25, 0.3) is 11.8 Å². The van der Waals surface area contributed by atoms with Gasteiger partial charge in [0.2, 0.25) is 0 Å². The van der Waals surface area contributed by atoms with Crippen LogP contribution in [0.2, 0.25) is 0 Å². The molecule has 0 fully saturated rings. The van der Waals surface area contributed by atoms with Crippen molar-refractivity contribution in [2.45, 2.75) is 0 Å². The maximum absolute atomic E-state index is 11.9. The van der Waals surface area contributed by atoms with Crippen molar-refractivity contribution < 1.29 is 18.4 Å². The lowest BCUT2D eigenvalue weighted by Gasteiger charge is -2.09. The lowest BCUT2D eigenvalue weighted by Crippen LogP contribution is -2.13. The van der Waals surface area contributed by atoms with Crippen molar-refractivity contribution in [1.29, 1.82) is 0 Å². The number of anilines is 2. The van der Waals surface area contributed by atoms with E-state index in [0.717, 1.165) is 0 Å². The van der Waals surface area contributed by atoms with E-state index in [2.05, 4.69) is 26.6 Å². The average molecular weight is 375 g/mol. The quantitative estimate of drug-likeness (QED) is 0.718. The van der Waals surface area contributed by atoms with E-state index in [4.69, 9.17) is 8.83 Å². The van der Waals surface area contributed by atoms with E-state index >= 15 is 0 Å². The van der Waals surface area contributed by atoms with Gasteiger partial charge >= 0.3 is 0 Å². The van der Waals surface area contributed by atoms with Crippen LogP contribution in [0.3, 0.4) is 0 Å². The number of amides is 2. The molecule has 2 N–H and O–H groups in total. The van der Waals surface area contributed by atoms with E-state index in [1.807, 2.05) is 0 Å². The molecule has 0 radical (unpaired) electrons. The van der Waals surface area contributed by atoms with Crippen LogP contribution in [0.25, 0.3) is 0 Å². The van der Waals surface area contributed by atoms with Crippen LogP contribution in [0.15, 0.2) is 68.3 Å². The predicted octanol–water partition coefficient (Wildman–Crippen LogP) is 4.14. The van der Waals surface area contributed by atoms with Gasteiger partial charge in [-0.3, -0.25) is 9.59 Å². The Morgan fingerprint density at radius 2 is 1.48 bits per heavy atom. The maximum atomic E-state index is 11.9. The number of hydrogen-bond acceptors (Lipinski definition) is 4. The Hall–Kier alpha value is -2.80. The van der Waals surface area contributed by atoms with Crippen molar-refractivity contribution in [1.82, 2.24) is 0 Å². The smallest absolute Gasteiger partial charge is 0.291 e. The number of furan rings is 2. The molecule has 0 atom stereocenters. The van der Waals surface area contributed by atoms with Crippen molar-refractivity contribution in [3.63, 3.8) is 0 Å². The van der Waals surface area contributed by atoms with Crippen LogP contribution in [0.1, 0.15) is 21.1 Å². The highest BCUT2D eigenvalue weighted by molar-refractivity contribution is 9.10. The van der Waals surface area contributed by atoms with Gasteiger partial charge in [-0.1, -0.05) is 0 Å². The summed E-state index contributed by atoms with van der Waals surface area (Å²) in [6.07, 6.45) is 2.86. The standard InChI is InChI=1S/C16H11BrN2O4/c17-11-9-10(18-15(20)13-3-1-7-22-13)5-6-12(11)19-16(21)14-4-2-8-23-14/h1-9H,(H,18,20)(H,19,21). The predicted molar refractivity (Wildman–Crippen MR) is 87.5 cm³/mol. The molecule has 0 unspecified atom stereocenters. The van der Waals surface area contributed by atoms with Gasteiger partial charge in [-0.15, -0.1) is 0 Å². The van der Waals surface area contributed by atoms with Crippen LogP contribution >= 0.6 is 15.9 Å². The number of benzene rings is 1. The zero-order valence-corrected chi connectivity index (χ0v) is 13.3. The highest BCUT2D eigenvalue weighted by Gasteiger charge is 2.13. The molecule has 0 spiro atoms. The van der Waals surface area contributed by atoms with Crippen molar-refractivity contribution in [3.05, 3.63) is 71.0 Å². The lowest BCUT2D eigenvalue weighted by molar-refractivity contribution is 0.0989. The minimum absolute atomic E-state index is 0.215. The van der Waals surface area contributed by atoms with Gasteiger partial charge in [-0.05, 0) is 58.4 Å². The van der Waals surface area contributed by atoms with E-state index in [9.17, 15) is 9.59 Å². The van der Waals surface area contributed by atoms with E-state index in [1.54, 1.807) is 42.5 Å². The van der Waals surface area contributed by atoms with Crippen LogP contribution < -0.4 is 10.6 Å². The molecule has 3 rings (SSSR count). The van der Waals surface area contributed by atoms with Crippen molar-refractivity contribution in [2.24, 2.45) is 0 Å². The summed E-state index contributed by atoms with van der Waals surface area (Å²) in [5.74, 6) is -0.277. The maximum Gasteiger partial charge on any atom is 0.291 e. The molecule has 0 saturated heterocycles. The summed E-state index contributed by atoms with van der Waals surface area (Å²) in [4.78, 5) is 23.8. The van der Waals surface area contributed by atoms with Gasteiger partial charge in [-0.25, -0.2) is 0 Å². The van der Waals surface area contributed by atoms with Crippen molar-refractivity contribution >= 4 is 39.1 Å². The summed E-state index contributed by atoms with van der Waals surface area (Å²) in [5.41, 5.74) is 1.12. The normalized spacial score (nSPS) is 10.3. The molecule has 23 heavy (non-hydrogen) atoms. The Labute approximate surface area is 139 Å². The van der Waals surface area contributed by atoms with Crippen LogP contribution in [0.5, 0.6) is 0 Å². The van der Waals surface area contributed by atoms with Gasteiger partial charge in [-0.2, -0.15) is 0 Å². The van der Waals surface area contributed by atoms with Crippen molar-refractivity contribution in [2.75, 3.05) is 10.6 Å². The highest BCUT2D eigenvalue weighted by Crippen LogP contribution is 2.27. The second-order valence-corrected chi connectivity index (χ2v) is 5.41. The van der Waals surface area contributed by atoms with E-state index in [1.165, 1.54) is 12.5 Å². The van der Waals surface area contributed by atoms with E-state index < -0.39 is 0 Å². The zero-order chi connectivity index (χ0) is 16.2. The molecule has 7 heteroatoms. The van der Waals surface area contributed by atoms with Gasteiger partial charge in [0.05, 0.1) is 18.2 Å². The monoisotopic (exact) mass is 374 g/mol. The minimum Gasteiger partial charge on any atom is -0.459 e. The fraction of sp³-hybridized carbons (Fsp3) is 0. The molecule has 2 heterocycles. The van der Waals surface area contributed by atoms with E-state index in [0.29, 0.717) is 15.8 Å². The summed E-state index contributed by atoms with van der Waals surface area (Å²) in [6, 6.07) is 11.4. The summed E-state index contributed by atoms with van der Waals surface area (Å²) in [6.45, 7) is 0. The number of carbonyl (C=O) groups is 2. The van der Waals surface area contributed by atoms with Crippen LogP contribution in [-0.4, -0.2) is 11.8 Å². The Balaban J connectivity index is 1.71. The second kappa shape index (κ2) is 6.53. The van der Waals surface area contributed by atoms with Crippen LogP contribution in [0.4, 0.5) is 11.4 Å². The largest absolute Gasteiger partial charge is 0.459 e. The van der Waals surface area contributed by atoms with Gasteiger partial charge in [0, 0.05) is 10.2 Å². The van der Waals surface area contributed by atoms with Gasteiger partial charge in [0.1, 0.15) is 0 Å². The van der Waals surface area contributed by atoms with Crippen LogP contribution in [0, 0.1) is 0 Å². The molecule has 2 amide bonds. The molecule has 0 bridgehead atoms. The molecular formula is C16H11BrN2O4. The first-order valence-corrected chi connectivity index (χ1v) is 7.42. The van der Waals surface area contributed by atoms with Crippen LogP contribution in [-0.2, 0) is 0 Å². The number of rotatable bonds is 4. The van der Waals surface area contributed by atoms with E-state index in [-0.39, 0.29) is 23.3 Å². The molecule has 1 aromatic carbocycles. The molecule has 0 saturated carbocycles. The Bertz CT molecular complexity index is 826. The summed E-state index contributed by atoms with van der Waals surface area (Å²) >= 11 is 3.36. The van der Waals surface area contributed by atoms with Crippen molar-refractivity contribution in [3.8, 4) is 0 Å². The lowest BCUT2D eigenvalue weighted by atomic mass is 10.2. The third kappa shape index (κ3) is 3.51. The Kier molecular flexibility index (Phi) is 4.29. The topological polar surface area (TPSA) is 84.5 Å². The molecule has 0 aliphatic heterocycles. The molecule has 116 valence electrons. The summed E-state index contributed by atoms with van der Waals surface area (Å²) in [7, 11) is 0. The number of hydrogen-bond donors (Lipinski definition) is 2. The first-order chi connectivity index (χ1) is 11.1. The minimum atomic E-state index is -0.358. The third-order valence-corrected chi connectivity index (χ3v) is 3.62. The first kappa shape index (κ1) is 15.1. The molecule has 0 aliphatic carbocycles. The molecule has 0 aliphatic rings.